The van der Waals surface area contributed by atoms with Gasteiger partial charge < -0.3 is 20.1 Å². The largest absolute Gasteiger partial charge is 0.453 e. The van der Waals surface area contributed by atoms with Crippen molar-refractivity contribution >= 4 is 29.1 Å². The molecule has 2 amide bonds. The van der Waals surface area contributed by atoms with Crippen LogP contribution < -0.4 is 10.6 Å². The minimum absolute atomic E-state index is 0.0332. The van der Waals surface area contributed by atoms with Crippen molar-refractivity contribution in [2.24, 2.45) is 0 Å². The van der Waals surface area contributed by atoms with E-state index in [0.29, 0.717) is 0 Å². The Morgan fingerprint density at radius 3 is 2.07 bits per heavy atom. The number of nitrogens with zero attached hydrogens (tertiary/aromatic N) is 1. The number of carbonyl (C=O) groups is 3. The number of carbonyl (C=O) groups excluding carboxylic acids is 3. The molecule has 156 valence electrons. The Balaban J connectivity index is 1.83. The number of nitrogens with one attached hydrogen (secondary N) is 2. The van der Waals surface area contributed by atoms with Gasteiger partial charge in [-0.15, -0.1) is 0 Å². The number of amides is 2. The van der Waals surface area contributed by atoms with Gasteiger partial charge in [0.15, 0.2) is 0 Å². The topological polar surface area (TPSA) is 118 Å². The van der Waals surface area contributed by atoms with Crippen molar-refractivity contribution in [2.75, 3.05) is 12.3 Å². The summed E-state index contributed by atoms with van der Waals surface area (Å²) in [6, 6.07) is 18.9. The third-order valence-electron chi connectivity index (χ3n) is 3.73. The van der Waals surface area contributed by atoms with Gasteiger partial charge in [0.2, 0.25) is 5.91 Å². The summed E-state index contributed by atoms with van der Waals surface area (Å²) in [6.07, 6.45) is -0.811. The highest BCUT2D eigenvalue weighted by Crippen LogP contribution is 2.11. The van der Waals surface area contributed by atoms with E-state index >= 15 is 0 Å². The van der Waals surface area contributed by atoms with Crippen LogP contribution in [0.5, 0.6) is 0 Å². The van der Waals surface area contributed by atoms with Crippen molar-refractivity contribution in [1.82, 2.24) is 10.6 Å². The number of nitriles is 1. The Morgan fingerprint density at radius 1 is 0.933 bits per heavy atom. The lowest BCUT2D eigenvalue weighted by Crippen LogP contribution is -2.48. The summed E-state index contributed by atoms with van der Waals surface area (Å²) in [7, 11) is 0. The van der Waals surface area contributed by atoms with Gasteiger partial charge in [-0.2, -0.15) is 5.26 Å². The molecule has 0 spiro atoms. The Morgan fingerprint density at radius 2 is 1.50 bits per heavy atom. The number of thioether (sulfide) groups is 1. The fourth-order valence-electron chi connectivity index (χ4n) is 2.25. The van der Waals surface area contributed by atoms with Crippen molar-refractivity contribution < 1.29 is 23.9 Å². The van der Waals surface area contributed by atoms with Crippen LogP contribution in [0.3, 0.4) is 0 Å². The molecule has 0 heterocycles. The molecule has 0 saturated heterocycles. The van der Waals surface area contributed by atoms with E-state index < -0.39 is 23.3 Å². The number of ether oxygens (including phenoxy) is 2. The third kappa shape index (κ3) is 8.67. The lowest BCUT2D eigenvalue weighted by molar-refractivity contribution is -0.122. The van der Waals surface area contributed by atoms with Gasteiger partial charge in [-0.3, -0.25) is 4.79 Å². The summed E-state index contributed by atoms with van der Waals surface area (Å²) >= 11 is 0.747. The zero-order chi connectivity index (χ0) is 21.6. The molecule has 2 aromatic rings. The molecule has 0 saturated carbocycles. The average Bonchev–Trinajstić information content (AvgIpc) is 2.78. The van der Waals surface area contributed by atoms with Crippen LogP contribution in [-0.4, -0.2) is 35.6 Å². The van der Waals surface area contributed by atoms with Crippen molar-refractivity contribution in [3.8, 4) is 6.07 Å². The molecule has 2 aromatic carbocycles. The number of benzene rings is 2. The van der Waals surface area contributed by atoms with Crippen LogP contribution >= 0.6 is 11.8 Å². The second-order valence-electron chi connectivity index (χ2n) is 5.97. The summed E-state index contributed by atoms with van der Waals surface area (Å²) in [5.74, 6) is -0.678. The molecular formula is C21H21N3O5S. The zero-order valence-corrected chi connectivity index (χ0v) is 16.9. The number of alkyl carbamates (subject to hydrolysis) is 1. The van der Waals surface area contributed by atoms with Crippen LogP contribution in [0.1, 0.15) is 11.1 Å². The quantitative estimate of drug-likeness (QED) is 0.467. The molecule has 0 radical (unpaired) electrons. The van der Waals surface area contributed by atoms with Gasteiger partial charge in [-0.05, 0) is 22.9 Å². The second-order valence-corrected chi connectivity index (χ2v) is 6.93. The molecule has 0 aliphatic heterocycles. The molecule has 1 atom stereocenters. The normalized spacial score (nSPS) is 10.9. The van der Waals surface area contributed by atoms with Gasteiger partial charge in [0.1, 0.15) is 25.8 Å². The monoisotopic (exact) mass is 427 g/mol. The summed E-state index contributed by atoms with van der Waals surface area (Å²) in [5.41, 5.74) is 1.62. The highest BCUT2D eigenvalue weighted by Gasteiger charge is 2.23. The number of hydrogen-bond donors (Lipinski definition) is 2. The first-order valence-electron chi connectivity index (χ1n) is 9.04. The first kappa shape index (κ1) is 22.8. The van der Waals surface area contributed by atoms with E-state index in [-0.39, 0.29) is 25.5 Å². The van der Waals surface area contributed by atoms with Crippen LogP contribution in [0.4, 0.5) is 9.59 Å². The highest BCUT2D eigenvalue weighted by molar-refractivity contribution is 8.13. The van der Waals surface area contributed by atoms with E-state index in [1.807, 2.05) is 48.5 Å². The van der Waals surface area contributed by atoms with Crippen LogP contribution in [-0.2, 0) is 27.5 Å². The summed E-state index contributed by atoms with van der Waals surface area (Å²) in [5, 5.41) is 12.8. The van der Waals surface area contributed by atoms with Crippen LogP contribution in [0.2, 0.25) is 0 Å². The molecule has 8 nitrogen and oxygen atoms in total. The summed E-state index contributed by atoms with van der Waals surface area (Å²) < 4.78 is 10.3. The van der Waals surface area contributed by atoms with E-state index in [1.165, 1.54) is 0 Å². The van der Waals surface area contributed by atoms with Crippen molar-refractivity contribution in [3.63, 3.8) is 0 Å². The number of hydrogen-bond acceptors (Lipinski definition) is 7. The Labute approximate surface area is 178 Å². The molecule has 0 aliphatic carbocycles. The standard InChI is InChI=1S/C21H21N3O5S/c22-11-12-23-19(25)18(24-20(26)28-13-16-7-3-1-4-8-16)15-30-21(27)29-14-17-9-5-2-6-10-17/h1-10,18H,12-15H2,(H,23,25)(H,24,26). The molecule has 0 aromatic heterocycles. The van der Waals surface area contributed by atoms with Crippen molar-refractivity contribution in [2.45, 2.75) is 19.3 Å². The SMILES string of the molecule is N#CCNC(=O)C(CSC(=O)OCc1ccccc1)NC(=O)OCc1ccccc1. The Kier molecular flexibility index (Phi) is 9.76. The fourth-order valence-corrected chi connectivity index (χ4v) is 2.93. The van der Waals surface area contributed by atoms with E-state index in [4.69, 9.17) is 14.7 Å². The van der Waals surface area contributed by atoms with Gasteiger partial charge in [-0.25, -0.2) is 9.59 Å². The maximum atomic E-state index is 12.2. The van der Waals surface area contributed by atoms with E-state index in [2.05, 4.69) is 10.6 Å². The molecular weight excluding hydrogens is 406 g/mol. The summed E-state index contributed by atoms with van der Waals surface area (Å²) in [6.45, 7) is -0.0881. The molecule has 2 N–H and O–H groups in total. The smallest absolute Gasteiger partial charge is 0.408 e. The van der Waals surface area contributed by atoms with E-state index in [1.54, 1.807) is 18.2 Å². The van der Waals surface area contributed by atoms with Gasteiger partial charge in [-0.1, -0.05) is 60.7 Å². The molecule has 0 fully saturated rings. The van der Waals surface area contributed by atoms with Gasteiger partial charge in [0.05, 0.1) is 6.07 Å². The zero-order valence-electron chi connectivity index (χ0n) is 16.1. The van der Waals surface area contributed by atoms with Crippen molar-refractivity contribution in [1.29, 1.82) is 5.26 Å². The maximum absolute atomic E-state index is 12.2. The van der Waals surface area contributed by atoms with Crippen LogP contribution in [0.15, 0.2) is 60.7 Å². The van der Waals surface area contributed by atoms with Crippen molar-refractivity contribution in [3.05, 3.63) is 71.8 Å². The maximum Gasteiger partial charge on any atom is 0.408 e. The lowest BCUT2D eigenvalue weighted by atomic mass is 10.2. The van der Waals surface area contributed by atoms with Gasteiger partial charge in [0.25, 0.3) is 0 Å². The second kappa shape index (κ2) is 12.9. The number of rotatable bonds is 9. The van der Waals surface area contributed by atoms with Gasteiger partial charge in [0, 0.05) is 5.75 Å². The first-order chi connectivity index (χ1) is 14.6. The van der Waals surface area contributed by atoms with E-state index in [0.717, 1.165) is 22.9 Å². The average molecular weight is 427 g/mol. The fraction of sp³-hybridized carbons (Fsp3) is 0.238. The molecule has 9 heteroatoms. The summed E-state index contributed by atoms with van der Waals surface area (Å²) in [4.78, 5) is 36.2. The predicted molar refractivity (Wildman–Crippen MR) is 111 cm³/mol. The minimum atomic E-state index is -1.07. The molecule has 1 unspecified atom stereocenters. The van der Waals surface area contributed by atoms with Gasteiger partial charge >= 0.3 is 11.4 Å². The molecule has 0 bridgehead atoms. The van der Waals surface area contributed by atoms with Crippen LogP contribution in [0.25, 0.3) is 0 Å². The molecule has 0 aliphatic rings. The third-order valence-corrected chi connectivity index (χ3v) is 4.58. The Bertz CT molecular complexity index is 871. The minimum Gasteiger partial charge on any atom is -0.453 e. The first-order valence-corrected chi connectivity index (χ1v) is 10.0. The predicted octanol–water partition coefficient (Wildman–Crippen LogP) is 2.99. The highest BCUT2D eigenvalue weighted by atomic mass is 32.2. The molecule has 2 rings (SSSR count). The Hall–Kier alpha value is -3.51. The lowest BCUT2D eigenvalue weighted by Gasteiger charge is -2.17. The van der Waals surface area contributed by atoms with Crippen LogP contribution in [0, 0.1) is 11.3 Å². The van der Waals surface area contributed by atoms with E-state index in [9.17, 15) is 14.4 Å². The molecule has 30 heavy (non-hydrogen) atoms.